The molecule has 0 amide bonds. The average molecular weight is 757 g/mol. The predicted molar refractivity (Wildman–Crippen MR) is 181 cm³/mol. The van der Waals surface area contributed by atoms with Gasteiger partial charge in [-0.05, 0) is 63.1 Å². The zero-order valence-corrected chi connectivity index (χ0v) is 29.3. The van der Waals surface area contributed by atoms with Gasteiger partial charge in [-0.25, -0.2) is 4.79 Å². The molecule has 1 aromatic carbocycles. The first-order chi connectivity index (χ1) is 25.9. The summed E-state index contributed by atoms with van der Waals surface area (Å²) in [7, 11) is 0. The molecule has 11 atom stereocenters. The van der Waals surface area contributed by atoms with Gasteiger partial charge < -0.3 is 54.0 Å². The monoisotopic (exact) mass is 756 g/mol. The first-order valence-corrected chi connectivity index (χ1v) is 18.1. The molecule has 1 aliphatic heterocycles. The van der Waals surface area contributed by atoms with Crippen molar-refractivity contribution in [1.82, 2.24) is 0 Å². The maximum atomic E-state index is 13.5. The summed E-state index contributed by atoms with van der Waals surface area (Å²) < 4.78 is 33.7. The fourth-order valence-electron chi connectivity index (χ4n) is 7.08. The summed E-state index contributed by atoms with van der Waals surface area (Å²) in [4.78, 5) is 64.9. The van der Waals surface area contributed by atoms with E-state index in [4.69, 9.17) is 28.4 Å². The number of aromatic hydroxyl groups is 1. The number of ketones is 1. The van der Waals surface area contributed by atoms with Crippen LogP contribution in [0.1, 0.15) is 56.9 Å². The highest BCUT2D eigenvalue weighted by atomic mass is 16.7. The summed E-state index contributed by atoms with van der Waals surface area (Å²) in [5.74, 6) is -6.95. The number of phenolic OH excluding ortho intramolecular Hbond substituents is 1. The quantitative estimate of drug-likeness (QED) is 0.0864. The molecule has 1 saturated heterocycles. The third-order valence-electron chi connectivity index (χ3n) is 10.3. The third-order valence-corrected chi connectivity index (χ3v) is 10.3. The van der Waals surface area contributed by atoms with Crippen molar-refractivity contribution < 1.29 is 77.9 Å². The molecule has 0 spiro atoms. The van der Waals surface area contributed by atoms with Crippen molar-refractivity contribution in [2.24, 2.45) is 17.8 Å². The van der Waals surface area contributed by atoms with Gasteiger partial charge >= 0.3 is 23.9 Å². The van der Waals surface area contributed by atoms with Crippen molar-refractivity contribution in [1.29, 1.82) is 0 Å². The third kappa shape index (κ3) is 8.37. The minimum Gasteiger partial charge on any atom is -0.508 e. The summed E-state index contributed by atoms with van der Waals surface area (Å²) in [5, 5.41) is 54.6. The predicted octanol–water partition coefficient (Wildman–Crippen LogP) is 0.981. The second-order valence-corrected chi connectivity index (χ2v) is 14.0. The lowest BCUT2D eigenvalue weighted by atomic mass is 9.79. The number of hydrogen-bond acceptors (Lipinski definition) is 16. The highest BCUT2D eigenvalue weighted by Crippen LogP contribution is 2.35. The Balaban J connectivity index is 1.20. The summed E-state index contributed by atoms with van der Waals surface area (Å²) >= 11 is 0. The summed E-state index contributed by atoms with van der Waals surface area (Å²) in [5.41, 5.74) is -3.13. The van der Waals surface area contributed by atoms with Crippen LogP contribution >= 0.6 is 0 Å². The van der Waals surface area contributed by atoms with Crippen molar-refractivity contribution in [3.05, 3.63) is 60.2 Å². The van der Waals surface area contributed by atoms with Crippen LogP contribution in [0.25, 0.3) is 0 Å². The molecule has 4 unspecified atom stereocenters. The SMILES string of the molecule is O=C(OC[C@H]1O[C@@H](Oc2ccc(O)cc2COC(=O)C2(O)C(=O)CC[C@H](O)[C@H]2OC(=O)C2C=CCC2)[C@H](OC(=O)C2C=CCC2)[C@@H](O)[C@@H]1O)C1C=CCC1. The van der Waals surface area contributed by atoms with Crippen LogP contribution in [0, 0.1) is 17.8 Å². The molecule has 0 aromatic heterocycles. The Morgan fingerprint density at radius 2 is 1.41 bits per heavy atom. The van der Waals surface area contributed by atoms with Gasteiger partial charge in [0.2, 0.25) is 6.29 Å². The maximum absolute atomic E-state index is 13.5. The number of hydrogen-bond donors (Lipinski definition) is 5. The van der Waals surface area contributed by atoms with E-state index in [2.05, 4.69) is 0 Å². The van der Waals surface area contributed by atoms with Crippen LogP contribution in [0.2, 0.25) is 0 Å². The maximum Gasteiger partial charge on any atom is 0.350 e. The van der Waals surface area contributed by atoms with E-state index >= 15 is 0 Å². The molecule has 1 aromatic rings. The molecule has 16 heteroatoms. The molecule has 5 N–H and O–H groups in total. The van der Waals surface area contributed by atoms with Gasteiger partial charge in [-0.2, -0.15) is 0 Å². The van der Waals surface area contributed by atoms with Gasteiger partial charge in [-0.15, -0.1) is 0 Å². The van der Waals surface area contributed by atoms with Crippen molar-refractivity contribution in [3.8, 4) is 11.5 Å². The standard InChI is InChI=1S/C38H44O16/c39-24-13-15-26(23(17-24)18-50-37(47)38(48)28(41)16-14-25(40)32(38)54-35(46)22-11-5-6-12-22)51-36-31(53-34(45)21-9-3-4-10-21)30(43)29(42)27(52-36)19-49-33(44)20-7-1-2-8-20/h1,3,5,7,9,11,13,15,17,20-22,25,27,29-32,36,39-40,42-43,48H,2,4,6,8,10,12,14,16,18-19H2/t20?,21?,22?,25-,27+,29+,30-,31+,32+,36+,38?/m0/s1. The van der Waals surface area contributed by atoms with E-state index in [0.717, 1.165) is 6.07 Å². The number of carbonyl (C=O) groups excluding carboxylic acids is 5. The number of phenols is 1. The molecule has 0 radical (unpaired) electrons. The molecule has 1 heterocycles. The van der Waals surface area contributed by atoms with Crippen LogP contribution in [-0.2, 0) is 54.3 Å². The summed E-state index contributed by atoms with van der Waals surface area (Å²) in [6, 6.07) is 3.57. The molecule has 54 heavy (non-hydrogen) atoms. The molecule has 292 valence electrons. The van der Waals surface area contributed by atoms with E-state index in [1.54, 1.807) is 30.4 Å². The van der Waals surface area contributed by atoms with E-state index in [1.807, 2.05) is 6.08 Å². The number of rotatable bonds is 12. The zero-order valence-electron chi connectivity index (χ0n) is 29.3. The smallest absolute Gasteiger partial charge is 0.350 e. The number of carbonyl (C=O) groups is 5. The minimum atomic E-state index is -3.06. The largest absolute Gasteiger partial charge is 0.508 e. The number of aliphatic hydroxyl groups excluding tert-OH is 3. The number of allylic oxidation sites excluding steroid dienone is 3. The van der Waals surface area contributed by atoms with Gasteiger partial charge in [0, 0.05) is 12.0 Å². The molecular weight excluding hydrogens is 712 g/mol. The molecule has 1 saturated carbocycles. The van der Waals surface area contributed by atoms with Crippen LogP contribution in [0.4, 0.5) is 0 Å². The Bertz CT molecular complexity index is 1680. The van der Waals surface area contributed by atoms with Gasteiger partial charge in [0.15, 0.2) is 18.0 Å². The number of esters is 4. The second-order valence-electron chi connectivity index (χ2n) is 14.0. The Morgan fingerprint density at radius 3 is 2.02 bits per heavy atom. The van der Waals surface area contributed by atoms with E-state index in [1.165, 1.54) is 12.1 Å². The number of ether oxygens (including phenoxy) is 6. The van der Waals surface area contributed by atoms with E-state index in [0.29, 0.717) is 38.5 Å². The fourth-order valence-corrected chi connectivity index (χ4v) is 7.08. The average Bonchev–Trinajstić information content (AvgIpc) is 3.98. The van der Waals surface area contributed by atoms with Crippen LogP contribution < -0.4 is 4.74 Å². The van der Waals surface area contributed by atoms with Crippen molar-refractivity contribution >= 4 is 29.7 Å². The number of benzene rings is 1. The Labute approximate surface area is 309 Å². The topological polar surface area (TPSA) is 242 Å². The Morgan fingerprint density at radius 1 is 0.796 bits per heavy atom. The number of aliphatic hydroxyl groups is 4. The van der Waals surface area contributed by atoms with Gasteiger partial charge in [-0.1, -0.05) is 36.5 Å². The lowest BCUT2D eigenvalue weighted by molar-refractivity contribution is -0.284. The highest BCUT2D eigenvalue weighted by Gasteiger charge is 2.59. The minimum absolute atomic E-state index is 0.0654. The van der Waals surface area contributed by atoms with Crippen LogP contribution in [0.3, 0.4) is 0 Å². The first-order valence-electron chi connectivity index (χ1n) is 18.1. The zero-order chi connectivity index (χ0) is 38.6. The van der Waals surface area contributed by atoms with Crippen molar-refractivity contribution in [2.45, 2.75) is 106 Å². The van der Waals surface area contributed by atoms with Gasteiger partial charge in [0.1, 0.15) is 43.0 Å². The molecule has 16 nitrogen and oxygen atoms in total. The molecule has 6 rings (SSSR count). The summed E-state index contributed by atoms with van der Waals surface area (Å²) in [6.07, 6.45) is 1.49. The lowest BCUT2D eigenvalue weighted by Crippen LogP contribution is -2.64. The van der Waals surface area contributed by atoms with Crippen molar-refractivity contribution in [2.75, 3.05) is 6.61 Å². The molecule has 4 aliphatic carbocycles. The fraction of sp³-hybridized carbons (Fsp3) is 0.553. The van der Waals surface area contributed by atoms with E-state index < -0.39 is 116 Å². The van der Waals surface area contributed by atoms with Gasteiger partial charge in [-0.3, -0.25) is 19.2 Å². The normalized spacial score (nSPS) is 34.4. The lowest BCUT2D eigenvalue weighted by Gasteiger charge is -2.42. The molecule has 2 fully saturated rings. The van der Waals surface area contributed by atoms with Gasteiger partial charge in [0.05, 0.1) is 23.9 Å². The second kappa shape index (κ2) is 16.8. The van der Waals surface area contributed by atoms with E-state index in [9.17, 15) is 49.5 Å². The Hall–Kier alpha value is -4.61. The highest BCUT2D eigenvalue weighted by molar-refractivity contribution is 6.08. The Kier molecular flexibility index (Phi) is 12.2. The van der Waals surface area contributed by atoms with Gasteiger partial charge in [0.25, 0.3) is 5.60 Å². The van der Waals surface area contributed by atoms with Crippen LogP contribution in [-0.4, -0.2) is 110 Å². The van der Waals surface area contributed by atoms with Crippen molar-refractivity contribution in [3.63, 3.8) is 0 Å². The summed E-state index contributed by atoms with van der Waals surface area (Å²) in [6.45, 7) is -1.25. The molecule has 5 aliphatic rings. The van der Waals surface area contributed by atoms with Crippen LogP contribution in [0.5, 0.6) is 11.5 Å². The number of Topliss-reactive ketones (excluding diaryl/α,β-unsaturated/α-hetero) is 1. The molecule has 0 bridgehead atoms. The van der Waals surface area contributed by atoms with Crippen LogP contribution in [0.15, 0.2) is 54.7 Å². The first kappa shape index (κ1) is 39.1. The van der Waals surface area contributed by atoms with E-state index in [-0.39, 0.29) is 23.5 Å². The molecular formula is C38H44O16.